The lowest BCUT2D eigenvalue weighted by molar-refractivity contribution is 0.0963. The summed E-state index contributed by atoms with van der Waals surface area (Å²) in [5, 5.41) is 6.89. The fraction of sp³-hybridized carbons (Fsp3) is 0.619. The van der Waals surface area contributed by atoms with Crippen molar-refractivity contribution in [1.82, 2.24) is 15.5 Å². The van der Waals surface area contributed by atoms with Crippen LogP contribution in [0.5, 0.6) is 0 Å². The molecule has 1 aliphatic heterocycles. The Hall–Kier alpha value is -2.44. The normalized spacial score (nSPS) is 15.3. The molecule has 0 unspecified atom stereocenters. The Labute approximate surface area is 169 Å². The van der Waals surface area contributed by atoms with Gasteiger partial charge in [0.05, 0.1) is 6.61 Å². The third-order valence-electron chi connectivity index (χ3n) is 5.01. The van der Waals surface area contributed by atoms with Crippen LogP contribution in [0.4, 0.5) is 10.5 Å². The number of nitrogens with zero attached hydrogens (tertiary/aromatic N) is 3. The molecule has 1 aromatic rings. The first-order chi connectivity index (χ1) is 13.6. The van der Waals surface area contributed by atoms with Gasteiger partial charge in [-0.05, 0) is 51.3 Å². The topological polar surface area (TPSA) is 69.2 Å². The molecule has 0 spiro atoms. The summed E-state index contributed by atoms with van der Waals surface area (Å²) in [7, 11) is 1.79. The summed E-state index contributed by atoms with van der Waals surface area (Å²) >= 11 is 0. The maximum Gasteiger partial charge on any atom is 0.409 e. The Kier molecular flexibility index (Phi) is 8.91. The van der Waals surface area contributed by atoms with Crippen LogP contribution in [0.2, 0.25) is 0 Å². The minimum absolute atomic E-state index is 0.209. The molecule has 0 aliphatic carbocycles. The van der Waals surface area contributed by atoms with Crippen molar-refractivity contribution in [1.29, 1.82) is 0 Å². The monoisotopic (exact) mass is 389 g/mol. The van der Waals surface area contributed by atoms with E-state index in [1.54, 1.807) is 11.9 Å². The molecule has 0 atom stereocenters. The maximum absolute atomic E-state index is 11.8. The summed E-state index contributed by atoms with van der Waals surface area (Å²) in [6.07, 6.45) is 1.58. The van der Waals surface area contributed by atoms with Crippen molar-refractivity contribution < 1.29 is 9.53 Å². The van der Waals surface area contributed by atoms with Gasteiger partial charge in [0.25, 0.3) is 0 Å². The van der Waals surface area contributed by atoms with Gasteiger partial charge in [0.15, 0.2) is 5.96 Å². The van der Waals surface area contributed by atoms with E-state index in [0.29, 0.717) is 25.7 Å². The summed E-state index contributed by atoms with van der Waals surface area (Å²) in [5.41, 5.74) is 2.52. The van der Waals surface area contributed by atoms with E-state index in [1.165, 1.54) is 11.3 Å². The van der Waals surface area contributed by atoms with Crippen LogP contribution in [0.25, 0.3) is 0 Å². The molecule has 0 radical (unpaired) electrons. The second-order valence-electron chi connectivity index (χ2n) is 7.02. The number of likely N-dealkylation sites (N-methyl/N-ethyl adjacent to an activating group) is 1. The van der Waals surface area contributed by atoms with Crippen molar-refractivity contribution in [2.45, 2.75) is 39.7 Å². The maximum atomic E-state index is 11.8. The summed E-state index contributed by atoms with van der Waals surface area (Å²) in [6.45, 7) is 10.6. The SMILES string of the molecule is CCOC(=O)N1CCC(NC(=NC)NCCN(CC)c2cccc(C)c2)CC1. The van der Waals surface area contributed by atoms with Crippen LogP contribution in [0.3, 0.4) is 0 Å². The molecule has 0 saturated carbocycles. The van der Waals surface area contributed by atoms with Gasteiger partial charge >= 0.3 is 6.09 Å². The third kappa shape index (κ3) is 6.62. The number of benzene rings is 1. The first kappa shape index (κ1) is 21.9. The number of piperidine rings is 1. The predicted octanol–water partition coefficient (Wildman–Crippen LogP) is 2.61. The Morgan fingerprint density at radius 1 is 1.32 bits per heavy atom. The van der Waals surface area contributed by atoms with Crippen molar-refractivity contribution in [3.8, 4) is 0 Å². The molecule has 7 nitrogen and oxygen atoms in total. The number of anilines is 1. The number of amides is 1. The van der Waals surface area contributed by atoms with E-state index in [2.05, 4.69) is 58.6 Å². The van der Waals surface area contributed by atoms with E-state index in [0.717, 1.165) is 38.4 Å². The molecule has 1 saturated heterocycles. The lowest BCUT2D eigenvalue weighted by Gasteiger charge is -2.32. The number of aliphatic imine (C=N–C) groups is 1. The summed E-state index contributed by atoms with van der Waals surface area (Å²) in [4.78, 5) is 20.3. The molecule has 0 bridgehead atoms. The van der Waals surface area contributed by atoms with Crippen LogP contribution in [-0.2, 0) is 4.74 Å². The number of carbonyl (C=O) groups is 1. The molecule has 7 heteroatoms. The van der Waals surface area contributed by atoms with Gasteiger partial charge in [0.1, 0.15) is 0 Å². The van der Waals surface area contributed by atoms with Gasteiger partial charge in [-0.3, -0.25) is 4.99 Å². The van der Waals surface area contributed by atoms with Gasteiger partial charge in [0.2, 0.25) is 0 Å². The van der Waals surface area contributed by atoms with Gasteiger partial charge in [-0.1, -0.05) is 12.1 Å². The van der Waals surface area contributed by atoms with Crippen molar-refractivity contribution in [2.75, 3.05) is 51.3 Å². The highest BCUT2D eigenvalue weighted by atomic mass is 16.6. The van der Waals surface area contributed by atoms with Gasteiger partial charge < -0.3 is 25.2 Å². The second kappa shape index (κ2) is 11.4. The second-order valence-corrected chi connectivity index (χ2v) is 7.02. The highest BCUT2D eigenvalue weighted by molar-refractivity contribution is 5.80. The highest BCUT2D eigenvalue weighted by Crippen LogP contribution is 2.15. The lowest BCUT2D eigenvalue weighted by atomic mass is 10.1. The van der Waals surface area contributed by atoms with E-state index in [4.69, 9.17) is 4.74 Å². The van der Waals surface area contributed by atoms with Gasteiger partial charge in [-0.15, -0.1) is 0 Å². The molecule has 1 aliphatic rings. The smallest absolute Gasteiger partial charge is 0.409 e. The molecule has 1 aromatic carbocycles. The Bertz CT molecular complexity index is 641. The number of nitrogens with one attached hydrogen (secondary N) is 2. The molecule has 2 rings (SSSR count). The summed E-state index contributed by atoms with van der Waals surface area (Å²) in [6, 6.07) is 8.91. The number of rotatable bonds is 7. The van der Waals surface area contributed by atoms with Crippen LogP contribution in [-0.4, -0.2) is 69.4 Å². The van der Waals surface area contributed by atoms with E-state index < -0.39 is 0 Å². The molecular formula is C21H35N5O2. The van der Waals surface area contributed by atoms with Crippen LogP contribution >= 0.6 is 0 Å². The number of likely N-dealkylation sites (tertiary alicyclic amines) is 1. The van der Waals surface area contributed by atoms with Gasteiger partial charge in [-0.25, -0.2) is 4.79 Å². The zero-order chi connectivity index (χ0) is 20.4. The molecule has 1 amide bonds. The predicted molar refractivity (Wildman–Crippen MR) is 115 cm³/mol. The molecule has 2 N–H and O–H groups in total. The molecule has 156 valence electrons. The standard InChI is InChI=1S/C21H35N5O2/c1-5-25(19-9-7-8-17(3)16-19)15-12-23-20(22-4)24-18-10-13-26(14-11-18)21(27)28-6-2/h7-9,16,18H,5-6,10-15H2,1-4H3,(H2,22,23,24). The lowest BCUT2D eigenvalue weighted by Crippen LogP contribution is -2.50. The largest absolute Gasteiger partial charge is 0.450 e. The Morgan fingerprint density at radius 3 is 2.68 bits per heavy atom. The zero-order valence-electron chi connectivity index (χ0n) is 17.7. The van der Waals surface area contributed by atoms with Crippen LogP contribution < -0.4 is 15.5 Å². The number of hydrogen-bond donors (Lipinski definition) is 2. The van der Waals surface area contributed by atoms with Crippen molar-refractivity contribution in [3.05, 3.63) is 29.8 Å². The zero-order valence-corrected chi connectivity index (χ0v) is 17.7. The third-order valence-corrected chi connectivity index (χ3v) is 5.01. The minimum Gasteiger partial charge on any atom is -0.450 e. The summed E-state index contributed by atoms with van der Waals surface area (Å²) < 4.78 is 5.07. The van der Waals surface area contributed by atoms with Gasteiger partial charge in [-0.2, -0.15) is 0 Å². The fourth-order valence-electron chi connectivity index (χ4n) is 3.41. The molecular weight excluding hydrogens is 354 g/mol. The van der Waals surface area contributed by atoms with E-state index in [1.807, 2.05) is 6.92 Å². The molecule has 1 heterocycles. The van der Waals surface area contributed by atoms with E-state index >= 15 is 0 Å². The Balaban J connectivity index is 1.75. The average Bonchev–Trinajstić information content (AvgIpc) is 2.71. The quantitative estimate of drug-likeness (QED) is 0.554. The number of carbonyl (C=O) groups excluding carboxylic acids is 1. The molecule has 0 aromatic heterocycles. The van der Waals surface area contributed by atoms with E-state index in [-0.39, 0.29) is 6.09 Å². The van der Waals surface area contributed by atoms with Crippen LogP contribution in [0.15, 0.2) is 29.3 Å². The van der Waals surface area contributed by atoms with E-state index in [9.17, 15) is 4.79 Å². The summed E-state index contributed by atoms with van der Waals surface area (Å²) in [5.74, 6) is 0.815. The van der Waals surface area contributed by atoms with Gasteiger partial charge in [0, 0.05) is 51.5 Å². The molecule has 28 heavy (non-hydrogen) atoms. The minimum atomic E-state index is -0.209. The fourth-order valence-corrected chi connectivity index (χ4v) is 3.41. The molecule has 1 fully saturated rings. The first-order valence-corrected chi connectivity index (χ1v) is 10.3. The highest BCUT2D eigenvalue weighted by Gasteiger charge is 2.24. The first-order valence-electron chi connectivity index (χ1n) is 10.3. The average molecular weight is 390 g/mol. The van der Waals surface area contributed by atoms with Crippen molar-refractivity contribution >= 4 is 17.7 Å². The number of guanidine groups is 1. The number of ether oxygens (including phenoxy) is 1. The number of hydrogen-bond acceptors (Lipinski definition) is 4. The van der Waals surface area contributed by atoms with Crippen molar-refractivity contribution in [2.24, 2.45) is 4.99 Å². The van der Waals surface area contributed by atoms with Crippen LogP contribution in [0.1, 0.15) is 32.3 Å². The Morgan fingerprint density at radius 2 is 2.07 bits per heavy atom. The van der Waals surface area contributed by atoms with Crippen LogP contribution in [0, 0.1) is 6.92 Å². The van der Waals surface area contributed by atoms with Crippen molar-refractivity contribution in [3.63, 3.8) is 0 Å². The number of aryl methyl sites for hydroxylation is 1.